The monoisotopic (exact) mass is 429 g/mol. The zero-order valence-electron chi connectivity index (χ0n) is 14.8. The summed E-state index contributed by atoms with van der Waals surface area (Å²) in [6, 6.07) is 9.42. The van der Waals surface area contributed by atoms with E-state index in [2.05, 4.69) is 32.6 Å². The van der Waals surface area contributed by atoms with Crippen molar-refractivity contribution in [1.82, 2.24) is 10.6 Å². The van der Waals surface area contributed by atoms with Crippen LogP contribution in [0.4, 0.5) is 0 Å². The van der Waals surface area contributed by atoms with Gasteiger partial charge < -0.3 is 15.1 Å². The highest BCUT2D eigenvalue weighted by Gasteiger charge is 2.50. The van der Waals surface area contributed by atoms with E-state index in [4.69, 9.17) is 4.42 Å². The predicted octanol–water partition coefficient (Wildman–Crippen LogP) is 3.80. The Kier molecular flexibility index (Phi) is 4.47. The summed E-state index contributed by atoms with van der Waals surface area (Å²) in [5, 5.41) is 15.9. The average Bonchev–Trinajstić information content (AvgIpc) is 3.31. The molecular formula is C20H20BrN3O3. The largest absolute Gasteiger partial charge is 0.451 e. The fraction of sp³-hybridized carbons (Fsp3) is 0.450. The molecule has 1 aromatic carbocycles. The first-order valence-electron chi connectivity index (χ1n) is 9.21. The van der Waals surface area contributed by atoms with E-state index in [9.17, 15) is 14.9 Å². The van der Waals surface area contributed by atoms with Gasteiger partial charge in [0.05, 0.1) is 6.07 Å². The van der Waals surface area contributed by atoms with Gasteiger partial charge in [-0.1, -0.05) is 35.2 Å². The van der Waals surface area contributed by atoms with Crippen LogP contribution in [0.3, 0.4) is 0 Å². The van der Waals surface area contributed by atoms with Gasteiger partial charge in [-0.15, -0.1) is 0 Å². The molecule has 2 amide bonds. The van der Waals surface area contributed by atoms with Gasteiger partial charge in [0.25, 0.3) is 5.91 Å². The van der Waals surface area contributed by atoms with Gasteiger partial charge in [0.15, 0.2) is 5.76 Å². The Labute approximate surface area is 165 Å². The third-order valence-corrected chi connectivity index (χ3v) is 6.01. The van der Waals surface area contributed by atoms with Crippen molar-refractivity contribution >= 4 is 38.7 Å². The Morgan fingerprint density at radius 1 is 1.07 bits per heavy atom. The van der Waals surface area contributed by atoms with Gasteiger partial charge in [-0.05, 0) is 49.9 Å². The lowest BCUT2D eigenvalue weighted by Gasteiger charge is -2.37. The van der Waals surface area contributed by atoms with E-state index in [1.54, 1.807) is 12.1 Å². The second kappa shape index (κ2) is 6.68. The molecule has 0 atom stereocenters. The van der Waals surface area contributed by atoms with Crippen LogP contribution in [-0.4, -0.2) is 22.9 Å². The first kappa shape index (κ1) is 18.1. The Hall–Kier alpha value is -2.33. The van der Waals surface area contributed by atoms with E-state index in [-0.39, 0.29) is 11.7 Å². The SMILES string of the molecule is N#CC1(NC(=O)C2(NC(=O)c3cc4ccc(Br)cc4o3)CCCCC2)CC1. The summed E-state index contributed by atoms with van der Waals surface area (Å²) in [7, 11) is 0. The summed E-state index contributed by atoms with van der Waals surface area (Å²) >= 11 is 3.39. The molecule has 2 saturated carbocycles. The van der Waals surface area contributed by atoms with Crippen LogP contribution in [0.25, 0.3) is 11.0 Å². The molecule has 0 radical (unpaired) electrons. The number of halogens is 1. The number of amides is 2. The molecule has 7 heteroatoms. The summed E-state index contributed by atoms with van der Waals surface area (Å²) in [5.41, 5.74) is -1.13. The number of hydrogen-bond donors (Lipinski definition) is 2. The number of nitrogens with one attached hydrogen (secondary N) is 2. The summed E-state index contributed by atoms with van der Waals surface area (Å²) in [6.45, 7) is 0. The van der Waals surface area contributed by atoms with Crippen LogP contribution in [0.2, 0.25) is 0 Å². The molecule has 4 rings (SSSR count). The van der Waals surface area contributed by atoms with E-state index < -0.39 is 17.0 Å². The van der Waals surface area contributed by atoms with Crippen LogP contribution in [-0.2, 0) is 4.79 Å². The second-order valence-electron chi connectivity index (χ2n) is 7.54. The number of carbonyl (C=O) groups is 2. The summed E-state index contributed by atoms with van der Waals surface area (Å²) in [4.78, 5) is 25.9. The molecule has 2 N–H and O–H groups in total. The van der Waals surface area contributed by atoms with Crippen molar-refractivity contribution in [3.8, 4) is 6.07 Å². The van der Waals surface area contributed by atoms with Crippen molar-refractivity contribution in [3.05, 3.63) is 34.5 Å². The Morgan fingerprint density at radius 3 is 2.48 bits per heavy atom. The van der Waals surface area contributed by atoms with E-state index in [0.29, 0.717) is 31.3 Å². The van der Waals surface area contributed by atoms with E-state index in [1.165, 1.54) is 0 Å². The maximum Gasteiger partial charge on any atom is 0.287 e. The average molecular weight is 430 g/mol. The minimum absolute atomic E-state index is 0.183. The quantitative estimate of drug-likeness (QED) is 0.772. The first-order chi connectivity index (χ1) is 13.0. The second-order valence-corrected chi connectivity index (χ2v) is 8.45. The summed E-state index contributed by atoms with van der Waals surface area (Å²) < 4.78 is 6.55. The van der Waals surface area contributed by atoms with Crippen LogP contribution in [0.1, 0.15) is 55.5 Å². The number of benzene rings is 1. The molecule has 0 aliphatic heterocycles. The maximum absolute atomic E-state index is 13.0. The Bertz CT molecular complexity index is 949. The number of nitrogens with zero attached hydrogens (tertiary/aromatic N) is 1. The lowest BCUT2D eigenvalue weighted by atomic mass is 9.80. The molecule has 1 aromatic heterocycles. The van der Waals surface area contributed by atoms with Crippen molar-refractivity contribution in [2.45, 2.75) is 56.0 Å². The van der Waals surface area contributed by atoms with Crippen molar-refractivity contribution in [2.75, 3.05) is 0 Å². The van der Waals surface area contributed by atoms with Gasteiger partial charge in [-0.3, -0.25) is 9.59 Å². The Balaban J connectivity index is 1.58. The summed E-state index contributed by atoms with van der Waals surface area (Å²) in [6.07, 6.45) is 5.22. The minimum Gasteiger partial charge on any atom is -0.451 e. The van der Waals surface area contributed by atoms with Crippen LogP contribution >= 0.6 is 15.9 Å². The molecule has 0 bridgehead atoms. The van der Waals surface area contributed by atoms with Gasteiger partial charge in [-0.25, -0.2) is 0 Å². The highest BCUT2D eigenvalue weighted by atomic mass is 79.9. The predicted molar refractivity (Wildman–Crippen MR) is 103 cm³/mol. The van der Waals surface area contributed by atoms with Gasteiger partial charge in [0.2, 0.25) is 5.91 Å². The molecular weight excluding hydrogens is 410 g/mol. The van der Waals surface area contributed by atoms with Gasteiger partial charge in [0, 0.05) is 9.86 Å². The Morgan fingerprint density at radius 2 is 1.81 bits per heavy atom. The number of fused-ring (bicyclic) bond motifs is 1. The van der Waals surface area contributed by atoms with Crippen LogP contribution in [0.5, 0.6) is 0 Å². The smallest absolute Gasteiger partial charge is 0.287 e. The number of rotatable bonds is 4. The molecule has 6 nitrogen and oxygen atoms in total. The van der Waals surface area contributed by atoms with Crippen LogP contribution in [0.15, 0.2) is 33.2 Å². The molecule has 140 valence electrons. The number of carbonyl (C=O) groups excluding carboxylic acids is 2. The fourth-order valence-electron chi connectivity index (χ4n) is 3.69. The van der Waals surface area contributed by atoms with E-state index in [1.807, 2.05) is 12.1 Å². The molecule has 2 fully saturated rings. The van der Waals surface area contributed by atoms with Crippen LogP contribution < -0.4 is 10.6 Å². The molecule has 2 aromatic rings. The lowest BCUT2D eigenvalue weighted by Crippen LogP contribution is -2.61. The zero-order valence-corrected chi connectivity index (χ0v) is 16.4. The molecule has 0 unspecified atom stereocenters. The summed E-state index contributed by atoms with van der Waals surface area (Å²) in [5.74, 6) is -0.475. The standard InChI is InChI=1S/C20H20BrN3O3/c21-14-5-4-13-10-16(27-15(13)11-14)17(25)23-20(6-2-1-3-7-20)18(26)24-19(12-22)8-9-19/h4-5,10-11H,1-3,6-9H2,(H,23,25)(H,24,26). The third-order valence-electron chi connectivity index (χ3n) is 5.52. The molecule has 2 aliphatic rings. The molecule has 1 heterocycles. The maximum atomic E-state index is 13.0. The number of hydrogen-bond acceptors (Lipinski definition) is 4. The number of nitriles is 1. The third kappa shape index (κ3) is 3.46. The zero-order chi connectivity index (χ0) is 19.1. The minimum atomic E-state index is -0.985. The van der Waals surface area contributed by atoms with Crippen molar-refractivity contribution in [1.29, 1.82) is 5.26 Å². The van der Waals surface area contributed by atoms with Crippen LogP contribution in [0, 0.1) is 11.3 Å². The topological polar surface area (TPSA) is 95.1 Å². The normalized spacial score (nSPS) is 19.9. The van der Waals surface area contributed by atoms with Gasteiger partial charge in [0.1, 0.15) is 16.7 Å². The van der Waals surface area contributed by atoms with Crippen molar-refractivity contribution < 1.29 is 14.0 Å². The lowest BCUT2D eigenvalue weighted by molar-refractivity contribution is -0.129. The highest BCUT2D eigenvalue weighted by Crippen LogP contribution is 2.37. The molecule has 27 heavy (non-hydrogen) atoms. The molecule has 0 spiro atoms. The first-order valence-corrected chi connectivity index (χ1v) is 10.0. The highest BCUT2D eigenvalue weighted by molar-refractivity contribution is 9.10. The van der Waals surface area contributed by atoms with Crippen molar-refractivity contribution in [3.63, 3.8) is 0 Å². The van der Waals surface area contributed by atoms with Gasteiger partial charge in [-0.2, -0.15) is 5.26 Å². The number of furan rings is 1. The van der Waals surface area contributed by atoms with E-state index in [0.717, 1.165) is 29.1 Å². The van der Waals surface area contributed by atoms with E-state index >= 15 is 0 Å². The molecule has 2 aliphatic carbocycles. The molecule has 0 saturated heterocycles. The van der Waals surface area contributed by atoms with Gasteiger partial charge >= 0.3 is 0 Å². The fourth-order valence-corrected chi connectivity index (χ4v) is 4.03. The van der Waals surface area contributed by atoms with Crippen molar-refractivity contribution in [2.24, 2.45) is 0 Å².